The van der Waals surface area contributed by atoms with E-state index < -0.39 is 6.10 Å². The summed E-state index contributed by atoms with van der Waals surface area (Å²) in [7, 11) is 0. The lowest BCUT2D eigenvalue weighted by Crippen LogP contribution is -2.30. The van der Waals surface area contributed by atoms with Crippen LogP contribution in [0.2, 0.25) is 0 Å². The summed E-state index contributed by atoms with van der Waals surface area (Å²) >= 11 is 0. The summed E-state index contributed by atoms with van der Waals surface area (Å²) < 4.78 is 16.9. The van der Waals surface area contributed by atoms with Gasteiger partial charge >= 0.3 is 17.9 Å². The molecule has 1 atom stereocenters. The van der Waals surface area contributed by atoms with Crippen LogP contribution in [0.25, 0.3) is 0 Å². The van der Waals surface area contributed by atoms with Crippen molar-refractivity contribution < 1.29 is 28.6 Å². The van der Waals surface area contributed by atoms with Crippen LogP contribution >= 0.6 is 0 Å². The molecule has 0 saturated heterocycles. The van der Waals surface area contributed by atoms with Crippen LogP contribution in [0.4, 0.5) is 0 Å². The zero-order valence-corrected chi connectivity index (χ0v) is 51.3. The van der Waals surface area contributed by atoms with Gasteiger partial charge in [0.2, 0.25) is 0 Å². The second-order valence-electron chi connectivity index (χ2n) is 23.1. The Balaban J connectivity index is 4.16. The number of hydrogen-bond acceptors (Lipinski definition) is 6. The molecule has 0 radical (unpaired) electrons. The van der Waals surface area contributed by atoms with E-state index >= 15 is 0 Å². The standard InChI is InChI=1S/C70H130O6/c1-4-7-10-13-16-19-22-24-26-28-30-32-34-35-37-38-40-42-44-46-48-51-54-57-60-63-69(72)75-66-67(65-74-68(71)62-59-56-53-50-21-18-15-12-9-6-3)76-70(73)64-61-58-55-52-49-47-45-43-41-39-36-33-31-29-27-25-23-20-17-14-11-8-5-2/h12,15,22,24,28,30,67H,4-11,13-14,16-21,23,25-27,29,31-66H2,1-3H3/b15-12-,24-22-,30-28-. The maximum absolute atomic E-state index is 12.9. The molecule has 0 N–H and O–H groups in total. The number of carbonyl (C=O) groups excluding carboxylic acids is 3. The molecule has 6 nitrogen and oxygen atoms in total. The maximum Gasteiger partial charge on any atom is 0.306 e. The van der Waals surface area contributed by atoms with Crippen LogP contribution in [0.15, 0.2) is 36.5 Å². The molecule has 6 heteroatoms. The molecule has 0 amide bonds. The molecule has 0 aromatic rings. The summed E-state index contributed by atoms with van der Waals surface area (Å²) in [5, 5.41) is 0. The monoisotopic (exact) mass is 1070 g/mol. The van der Waals surface area contributed by atoms with Crippen LogP contribution in [0.3, 0.4) is 0 Å². The Morgan fingerprint density at radius 2 is 0.500 bits per heavy atom. The zero-order chi connectivity index (χ0) is 55.0. The van der Waals surface area contributed by atoms with Gasteiger partial charge in [0.15, 0.2) is 6.10 Å². The minimum absolute atomic E-state index is 0.0707. The Morgan fingerprint density at radius 3 is 0.789 bits per heavy atom. The van der Waals surface area contributed by atoms with Crippen molar-refractivity contribution in [1.29, 1.82) is 0 Å². The fourth-order valence-corrected chi connectivity index (χ4v) is 10.2. The van der Waals surface area contributed by atoms with Crippen molar-refractivity contribution in [3.8, 4) is 0 Å². The Morgan fingerprint density at radius 1 is 0.263 bits per heavy atom. The van der Waals surface area contributed by atoms with Gasteiger partial charge in [-0.1, -0.05) is 320 Å². The smallest absolute Gasteiger partial charge is 0.306 e. The number of rotatable bonds is 63. The number of ether oxygens (including phenoxy) is 3. The van der Waals surface area contributed by atoms with Crippen molar-refractivity contribution in [2.75, 3.05) is 13.2 Å². The van der Waals surface area contributed by atoms with Gasteiger partial charge in [-0.05, 0) is 70.6 Å². The first-order chi connectivity index (χ1) is 37.5. The van der Waals surface area contributed by atoms with Gasteiger partial charge in [-0.15, -0.1) is 0 Å². The average molecular weight is 1070 g/mol. The molecule has 0 rings (SSSR count). The third kappa shape index (κ3) is 62.5. The lowest BCUT2D eigenvalue weighted by Gasteiger charge is -2.18. The van der Waals surface area contributed by atoms with Crippen LogP contribution < -0.4 is 0 Å². The van der Waals surface area contributed by atoms with Crippen molar-refractivity contribution in [1.82, 2.24) is 0 Å². The maximum atomic E-state index is 12.9. The third-order valence-electron chi connectivity index (χ3n) is 15.3. The normalized spacial score (nSPS) is 12.2. The van der Waals surface area contributed by atoms with Crippen LogP contribution in [0.5, 0.6) is 0 Å². The van der Waals surface area contributed by atoms with Crippen molar-refractivity contribution >= 4 is 17.9 Å². The van der Waals surface area contributed by atoms with Crippen LogP contribution in [-0.2, 0) is 28.6 Å². The Kier molecular flexibility index (Phi) is 63.1. The second kappa shape index (κ2) is 65.2. The van der Waals surface area contributed by atoms with E-state index in [1.165, 1.54) is 257 Å². The fraction of sp³-hybridized carbons (Fsp3) is 0.871. The molecule has 446 valence electrons. The summed E-state index contributed by atoms with van der Waals surface area (Å²) in [5.74, 6) is -0.857. The first-order valence-electron chi connectivity index (χ1n) is 34.0. The quantitative estimate of drug-likeness (QED) is 0.0261. The van der Waals surface area contributed by atoms with Crippen molar-refractivity contribution in [3.05, 3.63) is 36.5 Å². The fourth-order valence-electron chi connectivity index (χ4n) is 10.2. The first-order valence-corrected chi connectivity index (χ1v) is 34.0. The predicted octanol–water partition coefficient (Wildman–Crippen LogP) is 23.2. The van der Waals surface area contributed by atoms with Gasteiger partial charge in [0.1, 0.15) is 13.2 Å². The van der Waals surface area contributed by atoms with Crippen LogP contribution in [0.1, 0.15) is 374 Å². The Labute approximate surface area is 474 Å². The van der Waals surface area contributed by atoms with Crippen molar-refractivity contribution in [3.63, 3.8) is 0 Å². The van der Waals surface area contributed by atoms with Gasteiger partial charge in [0.25, 0.3) is 0 Å². The highest BCUT2D eigenvalue weighted by Gasteiger charge is 2.19. The minimum atomic E-state index is -0.773. The molecule has 0 heterocycles. The van der Waals surface area contributed by atoms with Gasteiger partial charge in [0, 0.05) is 19.3 Å². The molecular formula is C70H130O6. The Bertz CT molecular complexity index is 1270. The molecule has 0 aliphatic carbocycles. The average Bonchev–Trinajstić information content (AvgIpc) is 3.42. The molecular weight excluding hydrogens is 937 g/mol. The van der Waals surface area contributed by atoms with E-state index in [2.05, 4.69) is 57.2 Å². The predicted molar refractivity (Wildman–Crippen MR) is 330 cm³/mol. The van der Waals surface area contributed by atoms with Crippen LogP contribution in [0, 0.1) is 0 Å². The van der Waals surface area contributed by atoms with E-state index in [0.717, 1.165) is 77.0 Å². The van der Waals surface area contributed by atoms with Crippen molar-refractivity contribution in [2.24, 2.45) is 0 Å². The van der Waals surface area contributed by atoms with Gasteiger partial charge in [0.05, 0.1) is 0 Å². The topological polar surface area (TPSA) is 78.9 Å². The molecule has 0 spiro atoms. The minimum Gasteiger partial charge on any atom is -0.462 e. The molecule has 0 aromatic heterocycles. The number of unbranched alkanes of at least 4 members (excludes halogenated alkanes) is 46. The highest BCUT2D eigenvalue weighted by Crippen LogP contribution is 2.18. The van der Waals surface area contributed by atoms with Gasteiger partial charge in [-0.2, -0.15) is 0 Å². The molecule has 1 unspecified atom stereocenters. The van der Waals surface area contributed by atoms with Gasteiger partial charge < -0.3 is 14.2 Å². The molecule has 0 aliphatic heterocycles. The highest BCUT2D eigenvalue weighted by molar-refractivity contribution is 5.71. The largest absolute Gasteiger partial charge is 0.462 e. The second-order valence-corrected chi connectivity index (χ2v) is 23.1. The van der Waals surface area contributed by atoms with E-state index in [4.69, 9.17) is 14.2 Å². The molecule has 0 aromatic carbocycles. The molecule has 0 bridgehead atoms. The lowest BCUT2D eigenvalue weighted by molar-refractivity contribution is -0.167. The molecule has 0 aliphatic rings. The molecule has 76 heavy (non-hydrogen) atoms. The van der Waals surface area contributed by atoms with E-state index in [-0.39, 0.29) is 31.1 Å². The summed E-state index contributed by atoms with van der Waals surface area (Å²) in [4.78, 5) is 38.3. The van der Waals surface area contributed by atoms with E-state index in [9.17, 15) is 14.4 Å². The number of allylic oxidation sites excluding steroid dienone is 6. The summed E-state index contributed by atoms with van der Waals surface area (Å²) in [6, 6.07) is 0. The van der Waals surface area contributed by atoms with Crippen LogP contribution in [-0.4, -0.2) is 37.2 Å². The Hall–Kier alpha value is -2.37. The third-order valence-corrected chi connectivity index (χ3v) is 15.3. The summed E-state index contributed by atoms with van der Waals surface area (Å²) in [6.45, 7) is 6.63. The zero-order valence-electron chi connectivity index (χ0n) is 51.3. The number of hydrogen-bond donors (Lipinski definition) is 0. The first kappa shape index (κ1) is 73.6. The van der Waals surface area contributed by atoms with Crippen molar-refractivity contribution in [2.45, 2.75) is 380 Å². The molecule has 0 saturated carbocycles. The van der Waals surface area contributed by atoms with Gasteiger partial charge in [-0.3, -0.25) is 14.4 Å². The summed E-state index contributed by atoms with van der Waals surface area (Å²) in [5.41, 5.74) is 0. The SMILES string of the molecule is CCC/C=C\CCCCCCCC(=O)OCC(COC(=O)CCCCCCCCCCCCCCC/C=C\C/C=C\CCCCCCC)OC(=O)CCCCCCCCCCCCCCCCCCCCCCCCC. The van der Waals surface area contributed by atoms with Gasteiger partial charge in [-0.25, -0.2) is 0 Å². The highest BCUT2D eigenvalue weighted by atomic mass is 16.6. The lowest BCUT2D eigenvalue weighted by atomic mass is 10.0. The summed E-state index contributed by atoms with van der Waals surface area (Å²) in [6.07, 6.45) is 80.4. The number of carbonyl (C=O) groups is 3. The molecule has 0 fully saturated rings. The van der Waals surface area contributed by atoms with E-state index in [1.54, 1.807) is 0 Å². The van der Waals surface area contributed by atoms with E-state index in [0.29, 0.717) is 19.3 Å². The van der Waals surface area contributed by atoms with E-state index in [1.807, 2.05) is 0 Å². The number of esters is 3.